The molecule has 0 spiro atoms. The first-order valence-electron chi connectivity index (χ1n) is 2.49. The van der Waals surface area contributed by atoms with Crippen LogP contribution in [0.1, 0.15) is 20.8 Å². The lowest BCUT2D eigenvalue weighted by atomic mass is 10.3. The lowest BCUT2D eigenvalue weighted by molar-refractivity contribution is -0.00463. The molecular formula is C5H13NO. The molecule has 0 unspecified atom stereocenters. The Morgan fingerprint density at radius 3 is 2.00 bits per heavy atom. The molecule has 0 amide bonds. The summed E-state index contributed by atoms with van der Waals surface area (Å²) in [7, 11) is 0. The van der Waals surface area contributed by atoms with Gasteiger partial charge in [-0.25, -0.2) is 0 Å². The third kappa shape index (κ3) is 5.92. The summed E-state index contributed by atoms with van der Waals surface area (Å²) in [5.74, 6) is 0. The molecule has 0 aliphatic heterocycles. The van der Waals surface area contributed by atoms with Gasteiger partial charge in [0.05, 0.1) is 0 Å². The topological polar surface area (TPSA) is 35.2 Å². The van der Waals surface area contributed by atoms with E-state index in [0.29, 0.717) is 6.61 Å². The van der Waals surface area contributed by atoms with Gasteiger partial charge in [0.25, 0.3) is 0 Å². The van der Waals surface area contributed by atoms with Crippen molar-refractivity contribution < 1.29 is 4.74 Å². The number of hydrogen-bond donors (Lipinski definition) is 1. The van der Waals surface area contributed by atoms with Crippen LogP contribution in [-0.4, -0.2) is 12.3 Å². The fraction of sp³-hybridized carbons (Fsp3) is 1.00. The summed E-state index contributed by atoms with van der Waals surface area (Å²) in [5.41, 5.74) is 4.97. The molecule has 0 aromatic carbocycles. The van der Waals surface area contributed by atoms with Crippen LogP contribution in [0.3, 0.4) is 0 Å². The third-order valence-corrected chi connectivity index (χ3v) is 0.516. The average molecular weight is 103 g/mol. The number of ether oxygens (including phenoxy) is 1. The van der Waals surface area contributed by atoms with E-state index < -0.39 is 5.72 Å². The van der Waals surface area contributed by atoms with Crippen LogP contribution >= 0.6 is 0 Å². The van der Waals surface area contributed by atoms with E-state index in [0.717, 1.165) is 0 Å². The Kier molecular flexibility index (Phi) is 2.26. The van der Waals surface area contributed by atoms with Gasteiger partial charge in [-0.3, -0.25) is 0 Å². The molecule has 0 saturated carbocycles. The maximum Gasteiger partial charge on any atom is 0.111 e. The second kappa shape index (κ2) is 2.28. The van der Waals surface area contributed by atoms with Gasteiger partial charge in [0, 0.05) is 6.61 Å². The summed E-state index contributed by atoms with van der Waals surface area (Å²) in [6.45, 7) is 6.27. The van der Waals surface area contributed by atoms with Gasteiger partial charge in [-0.1, -0.05) is 0 Å². The summed E-state index contributed by atoms with van der Waals surface area (Å²) in [6, 6.07) is 0. The average Bonchev–Trinajstić information content (AvgIpc) is 1.30. The van der Waals surface area contributed by atoms with Crippen molar-refractivity contribution in [3.8, 4) is 0 Å². The van der Waals surface area contributed by atoms with Crippen LogP contribution in [0.2, 0.25) is 0 Å². The van der Waals surface area contributed by atoms with Crippen molar-refractivity contribution in [1.29, 1.82) is 0 Å². The van der Waals surface area contributed by atoms with Gasteiger partial charge < -0.3 is 10.5 Å². The van der Waals surface area contributed by atoms with Crippen molar-refractivity contribution in [2.75, 3.05) is 6.61 Å². The fourth-order valence-electron chi connectivity index (χ4n) is 0.372. The summed E-state index contributed by atoms with van der Waals surface area (Å²) in [6.07, 6.45) is 0. The van der Waals surface area contributed by atoms with Crippen LogP contribution in [0, 0.1) is 0 Å². The predicted molar refractivity (Wildman–Crippen MR) is 29.9 cm³/mol. The van der Waals surface area contributed by atoms with Gasteiger partial charge in [-0.2, -0.15) is 0 Å². The van der Waals surface area contributed by atoms with Crippen LogP contribution in [0.15, 0.2) is 0 Å². The van der Waals surface area contributed by atoms with Crippen molar-refractivity contribution in [2.45, 2.75) is 26.5 Å². The SMILES string of the molecule is CCOC(C)(C)N. The van der Waals surface area contributed by atoms with Crippen LogP contribution in [0.25, 0.3) is 0 Å². The maximum atomic E-state index is 5.42. The van der Waals surface area contributed by atoms with E-state index in [-0.39, 0.29) is 0 Å². The molecule has 0 fully saturated rings. The van der Waals surface area contributed by atoms with Gasteiger partial charge in [0.15, 0.2) is 0 Å². The van der Waals surface area contributed by atoms with Gasteiger partial charge in [-0.05, 0) is 20.8 Å². The molecule has 0 radical (unpaired) electrons. The molecule has 0 saturated heterocycles. The molecule has 0 aromatic heterocycles. The molecule has 2 N–H and O–H groups in total. The summed E-state index contributed by atoms with van der Waals surface area (Å²) < 4.78 is 5.01. The summed E-state index contributed by atoms with van der Waals surface area (Å²) in [4.78, 5) is 0. The van der Waals surface area contributed by atoms with E-state index in [2.05, 4.69) is 0 Å². The zero-order valence-corrected chi connectivity index (χ0v) is 5.19. The Labute approximate surface area is 44.7 Å². The Bertz CT molecular complexity index is 46.5. The Morgan fingerprint density at radius 2 is 2.00 bits per heavy atom. The van der Waals surface area contributed by atoms with Gasteiger partial charge >= 0.3 is 0 Å². The molecule has 0 aliphatic carbocycles. The Morgan fingerprint density at radius 1 is 1.57 bits per heavy atom. The Hall–Kier alpha value is -0.0800. The number of nitrogens with two attached hydrogens (primary N) is 1. The molecule has 44 valence electrons. The van der Waals surface area contributed by atoms with Gasteiger partial charge in [0.1, 0.15) is 5.72 Å². The van der Waals surface area contributed by atoms with Gasteiger partial charge in [-0.15, -0.1) is 0 Å². The molecular weight excluding hydrogens is 90.1 g/mol. The fourth-order valence-corrected chi connectivity index (χ4v) is 0.372. The van der Waals surface area contributed by atoms with Crippen LogP contribution in [-0.2, 0) is 4.74 Å². The number of rotatable bonds is 2. The van der Waals surface area contributed by atoms with E-state index in [9.17, 15) is 0 Å². The van der Waals surface area contributed by atoms with E-state index in [1.54, 1.807) is 0 Å². The highest BCUT2D eigenvalue weighted by Gasteiger charge is 2.06. The van der Waals surface area contributed by atoms with E-state index in [1.165, 1.54) is 0 Å². The number of hydrogen-bond acceptors (Lipinski definition) is 2. The quantitative estimate of drug-likeness (QED) is 0.522. The van der Waals surface area contributed by atoms with E-state index >= 15 is 0 Å². The maximum absolute atomic E-state index is 5.42. The highest BCUT2D eigenvalue weighted by atomic mass is 16.5. The molecule has 0 atom stereocenters. The lowest BCUT2D eigenvalue weighted by Crippen LogP contribution is -2.35. The lowest BCUT2D eigenvalue weighted by Gasteiger charge is -2.17. The molecule has 0 aromatic rings. The van der Waals surface area contributed by atoms with E-state index in [1.807, 2.05) is 20.8 Å². The highest BCUT2D eigenvalue weighted by molar-refractivity contribution is 4.53. The predicted octanol–water partition coefficient (Wildman–Crippen LogP) is 0.718. The second-order valence-electron chi connectivity index (χ2n) is 2.04. The standard InChI is InChI=1S/C5H13NO/c1-4-7-5(2,3)6/h4,6H2,1-3H3. The van der Waals surface area contributed by atoms with Crippen LogP contribution < -0.4 is 5.73 Å². The van der Waals surface area contributed by atoms with Crippen molar-refractivity contribution >= 4 is 0 Å². The van der Waals surface area contributed by atoms with Crippen molar-refractivity contribution in [3.05, 3.63) is 0 Å². The van der Waals surface area contributed by atoms with E-state index in [4.69, 9.17) is 10.5 Å². The summed E-state index contributed by atoms with van der Waals surface area (Å²) >= 11 is 0. The monoisotopic (exact) mass is 103 g/mol. The Balaban J connectivity index is 3.15. The van der Waals surface area contributed by atoms with Crippen molar-refractivity contribution in [3.63, 3.8) is 0 Å². The zero-order chi connectivity index (χ0) is 5.91. The van der Waals surface area contributed by atoms with Crippen LogP contribution in [0.5, 0.6) is 0 Å². The zero-order valence-electron chi connectivity index (χ0n) is 5.19. The minimum Gasteiger partial charge on any atom is -0.362 e. The first-order valence-corrected chi connectivity index (χ1v) is 2.49. The second-order valence-corrected chi connectivity index (χ2v) is 2.04. The van der Waals surface area contributed by atoms with Crippen molar-refractivity contribution in [1.82, 2.24) is 0 Å². The molecule has 2 heteroatoms. The first kappa shape index (κ1) is 6.92. The summed E-state index contributed by atoms with van der Waals surface area (Å²) in [5, 5.41) is 0. The van der Waals surface area contributed by atoms with Crippen molar-refractivity contribution in [2.24, 2.45) is 5.73 Å². The van der Waals surface area contributed by atoms with Crippen LogP contribution in [0.4, 0.5) is 0 Å². The first-order chi connectivity index (χ1) is 3.06. The smallest absolute Gasteiger partial charge is 0.111 e. The minimum absolute atomic E-state index is 0.450. The third-order valence-electron chi connectivity index (χ3n) is 0.516. The molecule has 2 nitrogen and oxygen atoms in total. The highest BCUT2D eigenvalue weighted by Crippen LogP contribution is 1.96. The molecule has 0 heterocycles. The molecule has 0 aliphatic rings. The largest absolute Gasteiger partial charge is 0.362 e. The normalized spacial score (nSPS) is 12.0. The van der Waals surface area contributed by atoms with Gasteiger partial charge in [0.2, 0.25) is 0 Å². The minimum atomic E-state index is -0.450. The molecule has 0 bridgehead atoms. The molecule has 7 heavy (non-hydrogen) atoms. The molecule has 0 rings (SSSR count).